The minimum Gasteiger partial charge on any atom is -0.381 e. The van der Waals surface area contributed by atoms with Crippen LogP contribution in [0.4, 0.5) is 8.78 Å². The first-order valence-corrected chi connectivity index (χ1v) is 9.00. The van der Waals surface area contributed by atoms with Gasteiger partial charge in [0.25, 0.3) is 0 Å². The van der Waals surface area contributed by atoms with Gasteiger partial charge in [0, 0.05) is 50.9 Å². The lowest BCUT2D eigenvalue weighted by Crippen LogP contribution is -2.45. The maximum atomic E-state index is 13.6. The van der Waals surface area contributed by atoms with Gasteiger partial charge in [-0.1, -0.05) is 5.16 Å². The average Bonchev–Trinajstić information content (AvgIpc) is 3.11. The zero-order valence-electron chi connectivity index (χ0n) is 14.5. The molecule has 2 saturated heterocycles. The highest BCUT2D eigenvalue weighted by Crippen LogP contribution is 2.27. The summed E-state index contributed by atoms with van der Waals surface area (Å²) in [5.74, 6) is 0.391. The summed E-state index contributed by atoms with van der Waals surface area (Å²) >= 11 is 0. The first kappa shape index (κ1) is 17.5. The Hall–Kier alpha value is -1.90. The number of nitrogens with one attached hydrogen (secondary N) is 1. The summed E-state index contributed by atoms with van der Waals surface area (Å²) in [7, 11) is 0. The van der Waals surface area contributed by atoms with E-state index in [-0.39, 0.29) is 12.0 Å². The van der Waals surface area contributed by atoms with Crippen molar-refractivity contribution >= 4 is 0 Å². The number of nitrogens with zero attached hydrogens (tertiary/aromatic N) is 3. The van der Waals surface area contributed by atoms with Crippen LogP contribution in [0.1, 0.15) is 42.1 Å². The van der Waals surface area contributed by atoms with Crippen molar-refractivity contribution in [3.8, 4) is 0 Å². The Morgan fingerprint density at radius 1 is 1.15 bits per heavy atom. The molecule has 0 spiro atoms. The predicted octanol–water partition coefficient (Wildman–Crippen LogP) is 2.39. The zero-order chi connectivity index (χ0) is 17.9. The van der Waals surface area contributed by atoms with Gasteiger partial charge in [-0.25, -0.2) is 8.78 Å². The number of piperazine rings is 1. The highest BCUT2D eigenvalue weighted by Gasteiger charge is 2.27. The number of benzene rings is 1. The Balaban J connectivity index is 1.49. The van der Waals surface area contributed by atoms with E-state index >= 15 is 0 Å². The Bertz CT molecular complexity index is 728. The zero-order valence-corrected chi connectivity index (χ0v) is 14.5. The number of halogens is 2. The van der Waals surface area contributed by atoms with Crippen molar-refractivity contribution in [1.82, 2.24) is 20.4 Å². The lowest BCUT2D eigenvalue weighted by atomic mass is 10.0. The van der Waals surface area contributed by atoms with E-state index < -0.39 is 11.6 Å². The highest BCUT2D eigenvalue weighted by molar-refractivity contribution is 5.22. The van der Waals surface area contributed by atoms with Crippen molar-refractivity contribution in [2.75, 3.05) is 32.8 Å². The van der Waals surface area contributed by atoms with Crippen LogP contribution in [0.5, 0.6) is 0 Å². The van der Waals surface area contributed by atoms with E-state index in [0.29, 0.717) is 43.6 Å². The van der Waals surface area contributed by atoms with Crippen molar-refractivity contribution in [2.24, 2.45) is 0 Å². The van der Waals surface area contributed by atoms with Crippen LogP contribution in [0.2, 0.25) is 0 Å². The summed E-state index contributed by atoms with van der Waals surface area (Å²) in [4.78, 5) is 6.68. The van der Waals surface area contributed by atoms with Gasteiger partial charge >= 0.3 is 0 Å². The normalized spacial score (nSPS) is 22.6. The van der Waals surface area contributed by atoms with Gasteiger partial charge in [-0.2, -0.15) is 4.98 Å². The monoisotopic (exact) mass is 364 g/mol. The number of hydrogen-bond donors (Lipinski definition) is 1. The van der Waals surface area contributed by atoms with Gasteiger partial charge in [-0.05, 0) is 30.5 Å². The predicted molar refractivity (Wildman–Crippen MR) is 89.5 cm³/mol. The Labute approximate surface area is 150 Å². The molecule has 1 atom stereocenters. The van der Waals surface area contributed by atoms with Gasteiger partial charge in [-0.3, -0.25) is 4.90 Å². The fourth-order valence-electron chi connectivity index (χ4n) is 3.66. The fraction of sp³-hybridized carbons (Fsp3) is 0.556. The molecule has 1 unspecified atom stereocenters. The molecule has 8 heteroatoms. The second-order valence-electron chi connectivity index (χ2n) is 6.83. The molecule has 140 valence electrons. The van der Waals surface area contributed by atoms with Gasteiger partial charge in [0.05, 0.1) is 6.54 Å². The van der Waals surface area contributed by atoms with Crippen molar-refractivity contribution in [1.29, 1.82) is 0 Å². The Morgan fingerprint density at radius 2 is 1.92 bits per heavy atom. The molecule has 2 aromatic rings. The molecular formula is C18H22F2N4O2. The van der Waals surface area contributed by atoms with Gasteiger partial charge in [0.2, 0.25) is 5.89 Å². The smallest absolute Gasteiger partial charge is 0.229 e. The van der Waals surface area contributed by atoms with E-state index in [4.69, 9.17) is 9.26 Å². The minimum atomic E-state index is -0.563. The van der Waals surface area contributed by atoms with E-state index in [1.165, 1.54) is 12.1 Å². The molecule has 3 heterocycles. The van der Waals surface area contributed by atoms with E-state index in [1.54, 1.807) is 0 Å². The molecule has 6 nitrogen and oxygen atoms in total. The molecule has 2 aliphatic heterocycles. The van der Waals surface area contributed by atoms with Crippen LogP contribution in [0, 0.1) is 11.6 Å². The van der Waals surface area contributed by atoms with Crippen LogP contribution in [0.3, 0.4) is 0 Å². The molecule has 4 rings (SSSR count). The van der Waals surface area contributed by atoms with Crippen LogP contribution in [-0.4, -0.2) is 47.9 Å². The summed E-state index contributed by atoms with van der Waals surface area (Å²) in [6, 6.07) is 3.53. The van der Waals surface area contributed by atoms with Crippen molar-refractivity contribution in [3.63, 3.8) is 0 Å². The average molecular weight is 364 g/mol. The largest absolute Gasteiger partial charge is 0.381 e. The topological polar surface area (TPSA) is 63.4 Å². The molecule has 0 saturated carbocycles. The van der Waals surface area contributed by atoms with Crippen LogP contribution in [0.15, 0.2) is 22.7 Å². The standard InChI is InChI=1S/C18H22F2N4O2/c19-14-7-13(8-15(20)9-14)16-10-21-3-4-24(16)11-17-22-18(26-23-17)12-1-5-25-6-2-12/h7-9,12,16,21H,1-6,10-11H2. The van der Waals surface area contributed by atoms with Gasteiger partial charge in [0.15, 0.2) is 5.82 Å². The lowest BCUT2D eigenvalue weighted by Gasteiger charge is -2.35. The van der Waals surface area contributed by atoms with Gasteiger partial charge in [-0.15, -0.1) is 0 Å². The SMILES string of the molecule is Fc1cc(F)cc(C2CNCCN2Cc2noc(C3CCOCC3)n2)c1. The summed E-state index contributed by atoms with van der Waals surface area (Å²) in [5, 5.41) is 7.39. The molecule has 0 amide bonds. The first-order valence-electron chi connectivity index (χ1n) is 9.00. The number of rotatable bonds is 4. The van der Waals surface area contributed by atoms with E-state index in [1.807, 2.05) is 0 Å². The number of ether oxygens (including phenoxy) is 1. The van der Waals surface area contributed by atoms with Crippen molar-refractivity contribution in [3.05, 3.63) is 47.1 Å². The Morgan fingerprint density at radius 3 is 2.69 bits per heavy atom. The van der Waals surface area contributed by atoms with E-state index in [0.717, 1.165) is 32.0 Å². The van der Waals surface area contributed by atoms with E-state index in [2.05, 4.69) is 20.4 Å². The molecule has 0 aliphatic carbocycles. The summed E-state index contributed by atoms with van der Waals surface area (Å²) in [6.45, 7) is 4.08. The summed E-state index contributed by atoms with van der Waals surface area (Å²) in [6.07, 6.45) is 1.78. The van der Waals surface area contributed by atoms with Gasteiger partial charge in [0.1, 0.15) is 11.6 Å². The Kier molecular flexibility index (Phi) is 5.23. The van der Waals surface area contributed by atoms with Crippen LogP contribution in [-0.2, 0) is 11.3 Å². The molecule has 1 aromatic heterocycles. The maximum absolute atomic E-state index is 13.6. The third-order valence-corrected chi connectivity index (χ3v) is 5.02. The second-order valence-corrected chi connectivity index (χ2v) is 6.83. The van der Waals surface area contributed by atoms with Gasteiger partial charge < -0.3 is 14.6 Å². The van der Waals surface area contributed by atoms with E-state index in [9.17, 15) is 8.78 Å². The minimum absolute atomic E-state index is 0.140. The van der Waals surface area contributed by atoms with Crippen LogP contribution < -0.4 is 5.32 Å². The van der Waals surface area contributed by atoms with Crippen LogP contribution >= 0.6 is 0 Å². The molecule has 0 radical (unpaired) electrons. The maximum Gasteiger partial charge on any atom is 0.229 e. The summed E-state index contributed by atoms with van der Waals surface area (Å²) in [5.41, 5.74) is 0.614. The second kappa shape index (κ2) is 7.77. The fourth-order valence-corrected chi connectivity index (χ4v) is 3.66. The van der Waals surface area contributed by atoms with Crippen LogP contribution in [0.25, 0.3) is 0 Å². The van der Waals surface area contributed by atoms with Crippen molar-refractivity contribution in [2.45, 2.75) is 31.3 Å². The number of aromatic nitrogens is 2. The molecule has 2 fully saturated rings. The highest BCUT2D eigenvalue weighted by atomic mass is 19.1. The first-order chi connectivity index (χ1) is 12.7. The molecule has 1 aromatic carbocycles. The third kappa shape index (κ3) is 3.92. The quantitative estimate of drug-likeness (QED) is 0.899. The molecule has 0 bridgehead atoms. The molecule has 26 heavy (non-hydrogen) atoms. The lowest BCUT2D eigenvalue weighted by molar-refractivity contribution is 0.0778. The molecular weight excluding hydrogens is 342 g/mol. The molecule has 2 aliphatic rings. The van der Waals surface area contributed by atoms with Crippen molar-refractivity contribution < 1.29 is 18.0 Å². The third-order valence-electron chi connectivity index (χ3n) is 5.02. The number of hydrogen-bond acceptors (Lipinski definition) is 6. The summed E-state index contributed by atoms with van der Waals surface area (Å²) < 4.78 is 38.0. The molecule has 1 N–H and O–H groups in total.